The molecule has 1 aliphatic rings. The Kier molecular flexibility index (Phi) is 5.57. The van der Waals surface area contributed by atoms with Crippen LogP contribution in [0.3, 0.4) is 0 Å². The summed E-state index contributed by atoms with van der Waals surface area (Å²) in [6.07, 6.45) is -5.38. The van der Waals surface area contributed by atoms with Gasteiger partial charge < -0.3 is 9.64 Å². The number of ether oxygens (including phenoxy) is 1. The molecule has 0 aliphatic carbocycles. The summed E-state index contributed by atoms with van der Waals surface area (Å²) in [5.41, 5.74) is 0.992. The molecule has 10 heteroatoms. The van der Waals surface area contributed by atoms with Crippen LogP contribution in [0.5, 0.6) is 5.75 Å². The molecule has 1 heterocycles. The number of hydrogen-bond donors (Lipinski definition) is 0. The van der Waals surface area contributed by atoms with E-state index in [1.54, 1.807) is 18.2 Å². The number of amides is 1. The number of halogens is 4. The van der Waals surface area contributed by atoms with E-state index in [-0.39, 0.29) is 22.8 Å². The summed E-state index contributed by atoms with van der Waals surface area (Å²) >= 11 is 6.21. The minimum atomic E-state index is -4.65. The normalized spacial score (nSPS) is 15.2. The van der Waals surface area contributed by atoms with Gasteiger partial charge in [0.25, 0.3) is 5.91 Å². The van der Waals surface area contributed by atoms with Crippen LogP contribution in [-0.2, 0) is 16.3 Å². The molecule has 2 aromatic rings. The van der Waals surface area contributed by atoms with Gasteiger partial charge in [-0.15, -0.1) is 0 Å². The summed E-state index contributed by atoms with van der Waals surface area (Å²) in [6.45, 7) is 1.07. The molecule has 156 valence electrons. The minimum absolute atomic E-state index is 0.202. The summed E-state index contributed by atoms with van der Waals surface area (Å²) < 4.78 is 67.7. The van der Waals surface area contributed by atoms with Crippen molar-refractivity contribution in [1.82, 2.24) is 0 Å². The maximum Gasteiger partial charge on any atom is 0.425 e. The summed E-state index contributed by atoms with van der Waals surface area (Å²) in [4.78, 5) is 14.3. The predicted octanol–water partition coefficient (Wildman–Crippen LogP) is 4.28. The first-order chi connectivity index (χ1) is 13.4. The van der Waals surface area contributed by atoms with Gasteiger partial charge in [-0.3, -0.25) is 4.79 Å². The quantitative estimate of drug-likeness (QED) is 0.702. The van der Waals surface area contributed by atoms with E-state index in [4.69, 9.17) is 16.3 Å². The van der Waals surface area contributed by atoms with Crippen LogP contribution in [0, 0.1) is 0 Å². The van der Waals surface area contributed by atoms with Crippen molar-refractivity contribution in [2.24, 2.45) is 0 Å². The molecule has 0 spiro atoms. The largest absolute Gasteiger partial charge is 0.480 e. The minimum Gasteiger partial charge on any atom is -0.480 e. The number of rotatable bonds is 4. The standard InChI is InChI=1S/C19H17ClF3NO4S/c1-11(19(21,22)23)28-16-7-6-13(29(2,26)27)10-14(16)18(25)24-9-8-12-4-3-5-15(20)17(12)24/h3-7,10-11H,8-9H2,1-2H3/t11-/m0/s1. The van der Waals surface area contributed by atoms with Crippen LogP contribution in [0.15, 0.2) is 41.3 Å². The van der Waals surface area contributed by atoms with E-state index in [0.29, 0.717) is 17.1 Å². The predicted molar refractivity (Wildman–Crippen MR) is 103 cm³/mol. The highest BCUT2D eigenvalue weighted by Crippen LogP contribution is 2.38. The molecule has 0 unspecified atom stereocenters. The average molecular weight is 448 g/mol. The van der Waals surface area contributed by atoms with E-state index in [2.05, 4.69) is 0 Å². The number of carbonyl (C=O) groups excluding carboxylic acids is 1. The highest BCUT2D eigenvalue weighted by Gasteiger charge is 2.39. The molecule has 0 bridgehead atoms. The van der Waals surface area contributed by atoms with Crippen LogP contribution in [0.25, 0.3) is 0 Å². The van der Waals surface area contributed by atoms with Crippen LogP contribution < -0.4 is 9.64 Å². The zero-order valence-corrected chi connectivity index (χ0v) is 17.0. The third kappa shape index (κ3) is 4.35. The Labute approximate surface area is 170 Å². The average Bonchev–Trinajstić information content (AvgIpc) is 3.05. The number of alkyl halides is 3. The molecule has 0 N–H and O–H groups in total. The molecule has 3 rings (SSSR count). The monoisotopic (exact) mass is 447 g/mol. The highest BCUT2D eigenvalue weighted by atomic mass is 35.5. The zero-order valence-electron chi connectivity index (χ0n) is 15.5. The molecule has 0 saturated heterocycles. The van der Waals surface area contributed by atoms with Gasteiger partial charge in [-0.1, -0.05) is 23.7 Å². The van der Waals surface area contributed by atoms with Gasteiger partial charge in [-0.2, -0.15) is 13.2 Å². The third-order valence-electron chi connectivity index (χ3n) is 4.56. The number of anilines is 1. The van der Waals surface area contributed by atoms with Crippen molar-refractivity contribution in [3.8, 4) is 5.75 Å². The van der Waals surface area contributed by atoms with Gasteiger partial charge in [0.2, 0.25) is 0 Å². The third-order valence-corrected chi connectivity index (χ3v) is 5.98. The molecular formula is C19H17ClF3NO4S. The Morgan fingerprint density at radius 1 is 1.24 bits per heavy atom. The van der Waals surface area contributed by atoms with Gasteiger partial charge >= 0.3 is 6.18 Å². The Balaban J connectivity index is 2.08. The lowest BCUT2D eigenvalue weighted by atomic mass is 10.1. The Morgan fingerprint density at radius 2 is 1.93 bits per heavy atom. The van der Waals surface area contributed by atoms with Crippen molar-refractivity contribution in [2.75, 3.05) is 17.7 Å². The highest BCUT2D eigenvalue weighted by molar-refractivity contribution is 7.90. The number of hydrogen-bond acceptors (Lipinski definition) is 4. The zero-order chi connectivity index (χ0) is 21.6. The first-order valence-electron chi connectivity index (χ1n) is 8.56. The van der Waals surface area contributed by atoms with E-state index in [1.165, 1.54) is 4.90 Å². The second kappa shape index (κ2) is 7.53. The number of para-hydroxylation sites is 1. The van der Waals surface area contributed by atoms with Crippen molar-refractivity contribution in [3.05, 3.63) is 52.5 Å². The maximum absolute atomic E-state index is 13.2. The number of nitrogens with zero attached hydrogens (tertiary/aromatic N) is 1. The molecule has 29 heavy (non-hydrogen) atoms. The van der Waals surface area contributed by atoms with Crippen molar-refractivity contribution in [2.45, 2.75) is 30.5 Å². The van der Waals surface area contributed by atoms with E-state index in [9.17, 15) is 26.4 Å². The number of carbonyl (C=O) groups is 1. The molecule has 0 saturated carbocycles. The van der Waals surface area contributed by atoms with Crippen LogP contribution in [0.2, 0.25) is 5.02 Å². The van der Waals surface area contributed by atoms with Crippen molar-refractivity contribution >= 4 is 33.0 Å². The molecule has 1 aliphatic heterocycles. The lowest BCUT2D eigenvalue weighted by molar-refractivity contribution is -0.189. The van der Waals surface area contributed by atoms with Crippen molar-refractivity contribution < 1.29 is 31.1 Å². The van der Waals surface area contributed by atoms with E-state index >= 15 is 0 Å². The Morgan fingerprint density at radius 3 is 2.55 bits per heavy atom. The molecule has 0 aromatic heterocycles. The lowest BCUT2D eigenvalue weighted by Crippen LogP contribution is -2.33. The lowest BCUT2D eigenvalue weighted by Gasteiger charge is -2.23. The van der Waals surface area contributed by atoms with Crippen LogP contribution in [0.4, 0.5) is 18.9 Å². The van der Waals surface area contributed by atoms with Gasteiger partial charge in [0.1, 0.15) is 5.75 Å². The van der Waals surface area contributed by atoms with E-state index in [1.807, 2.05) is 0 Å². The maximum atomic E-state index is 13.2. The van der Waals surface area contributed by atoms with Crippen LogP contribution in [0.1, 0.15) is 22.8 Å². The first kappa shape index (κ1) is 21.4. The van der Waals surface area contributed by atoms with Gasteiger partial charge in [0.15, 0.2) is 15.9 Å². The molecule has 2 aromatic carbocycles. The molecule has 0 fully saturated rings. The number of fused-ring (bicyclic) bond motifs is 1. The molecule has 1 atom stereocenters. The summed E-state index contributed by atoms with van der Waals surface area (Å²) in [6, 6.07) is 8.33. The van der Waals surface area contributed by atoms with Crippen molar-refractivity contribution in [3.63, 3.8) is 0 Å². The molecule has 1 amide bonds. The fourth-order valence-corrected chi connectivity index (χ4v) is 3.97. The van der Waals surface area contributed by atoms with Gasteiger partial charge in [0.05, 0.1) is 21.2 Å². The van der Waals surface area contributed by atoms with E-state index in [0.717, 1.165) is 36.9 Å². The van der Waals surface area contributed by atoms with E-state index < -0.39 is 28.0 Å². The molecule has 5 nitrogen and oxygen atoms in total. The second-order valence-corrected chi connectivity index (χ2v) is 9.11. The second-order valence-electron chi connectivity index (χ2n) is 6.69. The van der Waals surface area contributed by atoms with Gasteiger partial charge in [-0.25, -0.2) is 8.42 Å². The Hall–Kier alpha value is -2.26. The Bertz CT molecular complexity index is 1070. The van der Waals surface area contributed by atoms with Crippen molar-refractivity contribution in [1.29, 1.82) is 0 Å². The van der Waals surface area contributed by atoms with Gasteiger partial charge in [-0.05, 0) is 43.2 Å². The summed E-state index contributed by atoms with van der Waals surface area (Å²) in [7, 11) is -3.70. The fourth-order valence-electron chi connectivity index (χ4n) is 3.02. The van der Waals surface area contributed by atoms with Gasteiger partial charge in [0, 0.05) is 12.8 Å². The SMILES string of the molecule is C[C@H](Oc1ccc(S(C)(=O)=O)cc1C(=O)N1CCc2cccc(Cl)c21)C(F)(F)F. The molecule has 0 radical (unpaired) electrons. The summed E-state index contributed by atoms with van der Waals surface area (Å²) in [5, 5.41) is 0.318. The first-order valence-corrected chi connectivity index (χ1v) is 10.8. The smallest absolute Gasteiger partial charge is 0.425 e. The van der Waals surface area contributed by atoms with Crippen LogP contribution >= 0.6 is 11.6 Å². The number of sulfone groups is 1. The number of benzene rings is 2. The van der Waals surface area contributed by atoms with Crippen LogP contribution in [-0.4, -0.2) is 39.4 Å². The topological polar surface area (TPSA) is 63.7 Å². The summed E-state index contributed by atoms with van der Waals surface area (Å²) in [5.74, 6) is -1.04. The molecular weight excluding hydrogens is 431 g/mol. The fraction of sp³-hybridized carbons (Fsp3) is 0.316.